The summed E-state index contributed by atoms with van der Waals surface area (Å²) in [5.74, 6) is -0.280. The molecule has 1 amide bonds. The molecule has 0 bridgehead atoms. The number of amides is 1. The van der Waals surface area contributed by atoms with Gasteiger partial charge in [0.15, 0.2) is 5.78 Å². The van der Waals surface area contributed by atoms with Crippen LogP contribution < -0.4 is 0 Å². The van der Waals surface area contributed by atoms with Crippen molar-refractivity contribution in [2.75, 3.05) is 12.4 Å². The Morgan fingerprint density at radius 1 is 1.71 bits per heavy atom. The summed E-state index contributed by atoms with van der Waals surface area (Å²) >= 11 is 5.39. The molecule has 4 nitrogen and oxygen atoms in total. The number of rotatable bonds is 2. The number of hydrogen-bond donors (Lipinski definition) is 1. The minimum atomic E-state index is -0.995. The lowest BCUT2D eigenvalue weighted by molar-refractivity contribution is -0.113. The Labute approximate surface area is 87.1 Å². The van der Waals surface area contributed by atoms with E-state index in [1.54, 1.807) is 6.08 Å². The number of nitrogens with zero attached hydrogens (tertiary/aromatic N) is 1. The van der Waals surface area contributed by atoms with Gasteiger partial charge in [-0.05, 0) is 13.3 Å². The number of Topliss-reactive ketones (excluding diaryl/α,β-unsaturated/α-hetero) is 1. The highest BCUT2D eigenvalue weighted by molar-refractivity contribution is 6.30. The molecule has 0 aromatic heterocycles. The lowest BCUT2D eigenvalue weighted by Crippen LogP contribution is -2.42. The first-order valence-electron chi connectivity index (χ1n) is 4.34. The van der Waals surface area contributed by atoms with E-state index in [2.05, 4.69) is 0 Å². The summed E-state index contributed by atoms with van der Waals surface area (Å²) in [5.41, 5.74) is 0.500. The summed E-state index contributed by atoms with van der Waals surface area (Å²) in [6.07, 6.45) is 1.35. The van der Waals surface area contributed by atoms with Gasteiger partial charge in [0.05, 0.1) is 12.4 Å². The van der Waals surface area contributed by atoms with Gasteiger partial charge in [0, 0.05) is 11.6 Å². The summed E-state index contributed by atoms with van der Waals surface area (Å²) in [6.45, 7) is 1.97. The minimum absolute atomic E-state index is 0.0700. The van der Waals surface area contributed by atoms with Crippen LogP contribution in [-0.2, 0) is 4.79 Å². The second-order valence-electron chi connectivity index (χ2n) is 3.28. The highest BCUT2D eigenvalue weighted by Gasteiger charge is 2.25. The molecule has 0 fully saturated rings. The first-order chi connectivity index (χ1) is 6.56. The highest BCUT2D eigenvalue weighted by Crippen LogP contribution is 2.17. The number of halogens is 1. The molecule has 1 rings (SSSR count). The van der Waals surface area contributed by atoms with Gasteiger partial charge in [-0.15, -0.1) is 11.6 Å². The van der Waals surface area contributed by atoms with Gasteiger partial charge in [-0.3, -0.25) is 4.79 Å². The van der Waals surface area contributed by atoms with E-state index >= 15 is 0 Å². The van der Waals surface area contributed by atoms with Crippen molar-refractivity contribution in [3.8, 4) is 0 Å². The Morgan fingerprint density at radius 2 is 2.36 bits per heavy atom. The van der Waals surface area contributed by atoms with Crippen LogP contribution in [0.1, 0.15) is 13.3 Å². The smallest absolute Gasteiger partial charge is 0.407 e. The van der Waals surface area contributed by atoms with Crippen LogP contribution in [0, 0.1) is 0 Å². The largest absolute Gasteiger partial charge is 0.465 e. The predicted molar refractivity (Wildman–Crippen MR) is 52.6 cm³/mol. The van der Waals surface area contributed by atoms with Crippen molar-refractivity contribution < 1.29 is 14.7 Å². The van der Waals surface area contributed by atoms with Crippen molar-refractivity contribution in [3.05, 3.63) is 11.6 Å². The van der Waals surface area contributed by atoms with Crippen molar-refractivity contribution in [1.82, 2.24) is 4.90 Å². The Balaban J connectivity index is 2.76. The van der Waals surface area contributed by atoms with E-state index in [-0.39, 0.29) is 24.2 Å². The molecule has 0 aromatic rings. The molecule has 5 heteroatoms. The number of carbonyl (C=O) groups excluding carboxylic acids is 1. The van der Waals surface area contributed by atoms with Crippen LogP contribution >= 0.6 is 11.6 Å². The first kappa shape index (κ1) is 11.0. The van der Waals surface area contributed by atoms with E-state index in [9.17, 15) is 9.59 Å². The Morgan fingerprint density at radius 3 is 2.86 bits per heavy atom. The molecule has 1 atom stereocenters. The van der Waals surface area contributed by atoms with E-state index in [1.165, 1.54) is 4.90 Å². The molecule has 0 unspecified atom stereocenters. The second kappa shape index (κ2) is 4.46. The summed E-state index contributed by atoms with van der Waals surface area (Å²) in [6, 6.07) is -0.0700. The van der Waals surface area contributed by atoms with Crippen molar-refractivity contribution in [1.29, 1.82) is 0 Å². The molecule has 1 N–H and O–H groups in total. The molecular formula is C9H12ClNO3. The Bertz CT molecular complexity index is 288. The fourth-order valence-electron chi connectivity index (χ4n) is 1.39. The van der Waals surface area contributed by atoms with Crippen LogP contribution in [0.2, 0.25) is 0 Å². The van der Waals surface area contributed by atoms with Gasteiger partial charge in [-0.2, -0.15) is 0 Å². The molecule has 1 heterocycles. The Hall–Kier alpha value is -1.03. The van der Waals surface area contributed by atoms with E-state index < -0.39 is 6.09 Å². The molecular weight excluding hydrogens is 206 g/mol. The van der Waals surface area contributed by atoms with Crippen LogP contribution in [0.5, 0.6) is 0 Å². The third kappa shape index (κ3) is 2.26. The van der Waals surface area contributed by atoms with Crippen LogP contribution in [-0.4, -0.2) is 40.3 Å². The van der Waals surface area contributed by atoms with Crippen LogP contribution in [0.25, 0.3) is 0 Å². The first-order valence-corrected chi connectivity index (χ1v) is 4.87. The zero-order valence-corrected chi connectivity index (χ0v) is 8.62. The number of hydrogen-bond acceptors (Lipinski definition) is 2. The SMILES string of the molecule is C[C@H]1CC=C(C(=O)CCl)CN1C(=O)O. The molecule has 14 heavy (non-hydrogen) atoms. The standard InChI is InChI=1S/C9H12ClNO3/c1-6-2-3-7(8(12)4-10)5-11(6)9(13)14/h3,6H,2,4-5H2,1H3,(H,13,14)/t6-/m0/s1. The number of ketones is 1. The zero-order chi connectivity index (χ0) is 10.7. The third-order valence-electron chi connectivity index (χ3n) is 2.30. The van der Waals surface area contributed by atoms with Gasteiger partial charge < -0.3 is 10.0 Å². The van der Waals surface area contributed by atoms with Crippen molar-refractivity contribution in [3.63, 3.8) is 0 Å². The average Bonchev–Trinajstić information content (AvgIpc) is 2.17. The van der Waals surface area contributed by atoms with Crippen LogP contribution in [0.3, 0.4) is 0 Å². The maximum absolute atomic E-state index is 11.2. The van der Waals surface area contributed by atoms with Gasteiger partial charge in [0.25, 0.3) is 0 Å². The topological polar surface area (TPSA) is 57.6 Å². The monoisotopic (exact) mass is 217 g/mol. The van der Waals surface area contributed by atoms with Crippen molar-refractivity contribution in [2.24, 2.45) is 0 Å². The number of carboxylic acid groups (broad SMARTS) is 1. The highest BCUT2D eigenvalue weighted by atomic mass is 35.5. The van der Waals surface area contributed by atoms with Crippen molar-refractivity contribution in [2.45, 2.75) is 19.4 Å². The van der Waals surface area contributed by atoms with Crippen LogP contribution in [0.4, 0.5) is 4.79 Å². The van der Waals surface area contributed by atoms with E-state index in [1.807, 2.05) is 6.92 Å². The maximum Gasteiger partial charge on any atom is 0.407 e. The summed E-state index contributed by atoms with van der Waals surface area (Å²) < 4.78 is 0. The number of carbonyl (C=O) groups is 2. The van der Waals surface area contributed by atoms with E-state index in [0.29, 0.717) is 12.0 Å². The summed E-state index contributed by atoms with van der Waals surface area (Å²) in [7, 11) is 0. The molecule has 1 aliphatic rings. The summed E-state index contributed by atoms with van der Waals surface area (Å²) in [5, 5.41) is 8.84. The lowest BCUT2D eigenvalue weighted by atomic mass is 10.0. The third-order valence-corrected chi connectivity index (χ3v) is 2.55. The van der Waals surface area contributed by atoms with Crippen LogP contribution in [0.15, 0.2) is 11.6 Å². The fraction of sp³-hybridized carbons (Fsp3) is 0.556. The second-order valence-corrected chi connectivity index (χ2v) is 3.55. The van der Waals surface area contributed by atoms with E-state index in [4.69, 9.17) is 16.7 Å². The minimum Gasteiger partial charge on any atom is -0.465 e. The van der Waals surface area contributed by atoms with Crippen molar-refractivity contribution >= 4 is 23.5 Å². The molecule has 1 aliphatic heterocycles. The van der Waals surface area contributed by atoms with Gasteiger partial charge in [-0.25, -0.2) is 4.79 Å². The van der Waals surface area contributed by atoms with Gasteiger partial charge in [-0.1, -0.05) is 6.08 Å². The number of alkyl halides is 1. The van der Waals surface area contributed by atoms with Gasteiger partial charge >= 0.3 is 6.09 Å². The predicted octanol–water partition coefficient (Wildman–Crippen LogP) is 1.49. The maximum atomic E-state index is 11.2. The molecule has 0 spiro atoms. The molecule has 0 radical (unpaired) electrons. The fourth-order valence-corrected chi connectivity index (χ4v) is 1.56. The van der Waals surface area contributed by atoms with Gasteiger partial charge in [0.2, 0.25) is 0 Å². The lowest BCUT2D eigenvalue weighted by Gasteiger charge is -2.30. The molecule has 0 aliphatic carbocycles. The molecule has 78 valence electrons. The average molecular weight is 218 g/mol. The quantitative estimate of drug-likeness (QED) is 0.713. The van der Waals surface area contributed by atoms with E-state index in [0.717, 1.165) is 0 Å². The molecule has 0 aromatic carbocycles. The zero-order valence-electron chi connectivity index (χ0n) is 7.86. The Kier molecular flexibility index (Phi) is 3.52. The molecule has 0 saturated heterocycles. The normalized spacial score (nSPS) is 21.7. The summed E-state index contributed by atoms with van der Waals surface area (Å²) in [4.78, 5) is 23.2. The molecule has 0 saturated carbocycles. The van der Waals surface area contributed by atoms with Gasteiger partial charge in [0.1, 0.15) is 0 Å².